The van der Waals surface area contributed by atoms with Crippen LogP contribution in [-0.4, -0.2) is 60.0 Å². The van der Waals surface area contributed by atoms with E-state index in [4.69, 9.17) is 9.47 Å². The lowest BCUT2D eigenvalue weighted by atomic mass is 10.0. The van der Waals surface area contributed by atoms with Gasteiger partial charge in [-0.3, -0.25) is 4.79 Å². The summed E-state index contributed by atoms with van der Waals surface area (Å²) in [4.78, 5) is 16.1. The highest BCUT2D eigenvalue weighted by molar-refractivity contribution is 5.94. The van der Waals surface area contributed by atoms with Crippen LogP contribution in [0, 0.1) is 0 Å². The molecule has 0 unspecified atom stereocenters. The maximum atomic E-state index is 12.6. The van der Waals surface area contributed by atoms with E-state index in [1.54, 1.807) is 31.4 Å². The molecular formula is C22H30N3O3+. The molecule has 0 aliphatic carbocycles. The summed E-state index contributed by atoms with van der Waals surface area (Å²) in [7, 11) is 5.69. The second kappa shape index (κ2) is 9.57. The number of morpholine rings is 1. The summed E-state index contributed by atoms with van der Waals surface area (Å²) < 4.78 is 10.7. The van der Waals surface area contributed by atoms with Crippen LogP contribution in [0.1, 0.15) is 22.0 Å². The minimum absolute atomic E-state index is 0.0646. The number of ether oxygens (including phenoxy) is 2. The zero-order chi connectivity index (χ0) is 19.9. The minimum Gasteiger partial charge on any atom is -0.497 e. The van der Waals surface area contributed by atoms with Crippen LogP contribution in [0.15, 0.2) is 48.5 Å². The Hall–Kier alpha value is -2.57. The molecule has 0 aromatic heterocycles. The summed E-state index contributed by atoms with van der Waals surface area (Å²) in [6.45, 7) is 3.99. The van der Waals surface area contributed by atoms with Gasteiger partial charge in [0.2, 0.25) is 0 Å². The number of carbonyl (C=O) groups is 1. The molecule has 0 bridgehead atoms. The maximum Gasteiger partial charge on any atom is 0.251 e. The number of hydrogen-bond donors (Lipinski definition) is 2. The van der Waals surface area contributed by atoms with Crippen LogP contribution < -0.4 is 19.9 Å². The smallest absolute Gasteiger partial charge is 0.251 e. The molecule has 0 radical (unpaired) electrons. The van der Waals surface area contributed by atoms with Crippen molar-refractivity contribution in [2.24, 2.45) is 0 Å². The van der Waals surface area contributed by atoms with Gasteiger partial charge in [-0.15, -0.1) is 0 Å². The Morgan fingerprint density at radius 2 is 1.75 bits per heavy atom. The van der Waals surface area contributed by atoms with Crippen LogP contribution >= 0.6 is 0 Å². The number of benzene rings is 2. The van der Waals surface area contributed by atoms with Gasteiger partial charge in [0.05, 0.1) is 26.9 Å². The molecule has 1 amide bonds. The molecular weight excluding hydrogens is 354 g/mol. The van der Waals surface area contributed by atoms with Gasteiger partial charge in [-0.2, -0.15) is 0 Å². The van der Waals surface area contributed by atoms with E-state index in [1.165, 1.54) is 16.2 Å². The van der Waals surface area contributed by atoms with Gasteiger partial charge in [-0.25, -0.2) is 0 Å². The van der Waals surface area contributed by atoms with Crippen molar-refractivity contribution in [3.8, 4) is 5.75 Å². The Kier molecular flexibility index (Phi) is 6.90. The van der Waals surface area contributed by atoms with Crippen molar-refractivity contribution >= 4 is 11.6 Å². The van der Waals surface area contributed by atoms with Crippen LogP contribution in [0.2, 0.25) is 0 Å². The summed E-state index contributed by atoms with van der Waals surface area (Å²) in [5, 5.41) is 3.12. The standard InChI is InChI=1S/C22H29N3O3/c1-24(2)19-8-4-17(5-9-19)21(25-12-14-28-15-13-25)16-23-22(26)18-6-10-20(27-3)11-7-18/h4-11,21H,12-16H2,1-3H3,(H,23,26)/p+1/t21-/m1/s1. The Morgan fingerprint density at radius 1 is 1.11 bits per heavy atom. The molecule has 6 nitrogen and oxygen atoms in total. The van der Waals surface area contributed by atoms with Crippen LogP contribution in [0.5, 0.6) is 5.75 Å². The number of nitrogens with zero attached hydrogens (tertiary/aromatic N) is 1. The first-order chi connectivity index (χ1) is 13.6. The third-order valence-corrected chi connectivity index (χ3v) is 5.26. The largest absolute Gasteiger partial charge is 0.497 e. The first kappa shape index (κ1) is 20.2. The fourth-order valence-electron chi connectivity index (χ4n) is 3.52. The summed E-state index contributed by atoms with van der Waals surface area (Å²) in [6.07, 6.45) is 0. The van der Waals surface area contributed by atoms with Crippen molar-refractivity contribution in [3.63, 3.8) is 0 Å². The second-order valence-electron chi connectivity index (χ2n) is 7.25. The van der Waals surface area contributed by atoms with Gasteiger partial charge in [0.1, 0.15) is 24.9 Å². The van der Waals surface area contributed by atoms with Gasteiger partial charge < -0.3 is 24.6 Å². The number of quaternary nitrogens is 1. The number of rotatable bonds is 7. The molecule has 2 aromatic carbocycles. The second-order valence-corrected chi connectivity index (χ2v) is 7.25. The molecule has 1 aliphatic heterocycles. The highest BCUT2D eigenvalue weighted by atomic mass is 16.5. The first-order valence-electron chi connectivity index (χ1n) is 9.70. The van der Waals surface area contributed by atoms with E-state index in [-0.39, 0.29) is 11.9 Å². The van der Waals surface area contributed by atoms with Crippen LogP contribution in [0.3, 0.4) is 0 Å². The van der Waals surface area contributed by atoms with Crippen molar-refractivity contribution in [2.45, 2.75) is 6.04 Å². The number of nitrogens with one attached hydrogen (secondary N) is 2. The van der Waals surface area contributed by atoms with Gasteiger partial charge >= 0.3 is 0 Å². The zero-order valence-electron chi connectivity index (χ0n) is 16.9. The monoisotopic (exact) mass is 384 g/mol. The molecule has 1 fully saturated rings. The molecule has 1 heterocycles. The molecule has 2 N–H and O–H groups in total. The Balaban J connectivity index is 1.72. The van der Waals surface area contributed by atoms with Crippen molar-refractivity contribution in [3.05, 3.63) is 59.7 Å². The molecule has 0 saturated carbocycles. The summed E-state index contributed by atoms with van der Waals surface area (Å²) in [5.41, 5.74) is 3.04. The third kappa shape index (κ3) is 5.03. The van der Waals surface area contributed by atoms with E-state index in [1.807, 2.05) is 14.1 Å². The number of hydrogen-bond acceptors (Lipinski definition) is 4. The fourth-order valence-corrected chi connectivity index (χ4v) is 3.52. The molecule has 3 rings (SSSR count). The van der Waals surface area contributed by atoms with Crippen LogP contribution in [0.4, 0.5) is 5.69 Å². The van der Waals surface area contributed by atoms with Crippen molar-refractivity contribution in [1.82, 2.24) is 5.32 Å². The summed E-state index contributed by atoms with van der Waals surface area (Å²) in [6, 6.07) is 16.0. The lowest BCUT2D eigenvalue weighted by Gasteiger charge is -2.32. The molecule has 1 saturated heterocycles. The van der Waals surface area contributed by atoms with E-state index in [9.17, 15) is 4.79 Å². The predicted octanol–water partition coefficient (Wildman–Crippen LogP) is 1.15. The lowest BCUT2D eigenvalue weighted by Crippen LogP contribution is -3.15. The zero-order valence-corrected chi connectivity index (χ0v) is 16.9. The van der Waals surface area contributed by atoms with E-state index in [0.717, 1.165) is 32.1 Å². The van der Waals surface area contributed by atoms with Gasteiger partial charge in [-0.1, -0.05) is 12.1 Å². The molecule has 28 heavy (non-hydrogen) atoms. The van der Waals surface area contributed by atoms with Crippen LogP contribution in [-0.2, 0) is 4.74 Å². The summed E-state index contributed by atoms with van der Waals surface area (Å²) >= 11 is 0. The van der Waals surface area contributed by atoms with E-state index >= 15 is 0 Å². The van der Waals surface area contributed by atoms with Crippen molar-refractivity contribution < 1.29 is 19.2 Å². The highest BCUT2D eigenvalue weighted by Crippen LogP contribution is 2.17. The molecule has 2 aromatic rings. The lowest BCUT2D eigenvalue weighted by molar-refractivity contribution is -0.937. The van der Waals surface area contributed by atoms with E-state index in [0.29, 0.717) is 12.1 Å². The Bertz CT molecular complexity index is 754. The molecule has 1 atom stereocenters. The van der Waals surface area contributed by atoms with E-state index in [2.05, 4.69) is 34.5 Å². The average Bonchev–Trinajstić information content (AvgIpc) is 2.75. The Labute approximate surface area is 167 Å². The summed E-state index contributed by atoms with van der Waals surface area (Å²) in [5.74, 6) is 0.679. The minimum atomic E-state index is -0.0646. The number of amides is 1. The van der Waals surface area contributed by atoms with E-state index < -0.39 is 0 Å². The highest BCUT2D eigenvalue weighted by Gasteiger charge is 2.27. The van der Waals surface area contributed by atoms with Gasteiger partial charge in [0, 0.05) is 30.9 Å². The average molecular weight is 385 g/mol. The van der Waals surface area contributed by atoms with Gasteiger partial charge in [0.15, 0.2) is 0 Å². The third-order valence-electron chi connectivity index (χ3n) is 5.26. The topological polar surface area (TPSA) is 55.2 Å². The van der Waals surface area contributed by atoms with Crippen LogP contribution in [0.25, 0.3) is 0 Å². The first-order valence-corrected chi connectivity index (χ1v) is 9.70. The molecule has 1 aliphatic rings. The Morgan fingerprint density at radius 3 is 2.32 bits per heavy atom. The van der Waals surface area contributed by atoms with Gasteiger partial charge in [-0.05, 0) is 36.4 Å². The SMILES string of the molecule is COc1ccc(C(=O)NC[C@H](c2ccc(N(C)C)cc2)[NH+]2CCOCC2)cc1. The normalized spacial score (nSPS) is 15.7. The molecule has 6 heteroatoms. The predicted molar refractivity (Wildman–Crippen MR) is 110 cm³/mol. The number of carbonyl (C=O) groups excluding carboxylic acids is 1. The van der Waals surface area contributed by atoms with Crippen molar-refractivity contribution in [1.29, 1.82) is 0 Å². The van der Waals surface area contributed by atoms with Crippen molar-refractivity contribution in [2.75, 3.05) is 59.0 Å². The fraction of sp³-hybridized carbons (Fsp3) is 0.409. The number of anilines is 1. The number of methoxy groups -OCH3 is 1. The maximum absolute atomic E-state index is 12.6. The van der Waals surface area contributed by atoms with Gasteiger partial charge in [0.25, 0.3) is 5.91 Å². The molecule has 0 spiro atoms. The quantitative estimate of drug-likeness (QED) is 0.752. The molecule has 150 valence electrons.